The Bertz CT molecular complexity index is 917. The lowest BCUT2D eigenvalue weighted by atomic mass is 10.2. The molecule has 0 aromatic heterocycles. The van der Waals surface area contributed by atoms with Crippen molar-refractivity contribution in [2.75, 3.05) is 58.8 Å². The van der Waals surface area contributed by atoms with Crippen LogP contribution in [0.3, 0.4) is 0 Å². The number of guanidine groups is 1. The number of carbonyl (C=O) groups is 1. The van der Waals surface area contributed by atoms with Crippen molar-refractivity contribution in [3.05, 3.63) is 59.1 Å². The highest BCUT2D eigenvalue weighted by Gasteiger charge is 2.20. The van der Waals surface area contributed by atoms with E-state index in [1.807, 2.05) is 42.5 Å². The molecule has 1 fully saturated rings. The Labute approximate surface area is 212 Å². The van der Waals surface area contributed by atoms with Gasteiger partial charge in [-0.05, 0) is 35.9 Å². The fraction of sp³-hybridized carbons (Fsp3) is 0.391. The summed E-state index contributed by atoms with van der Waals surface area (Å²) in [6.45, 7) is 4.22. The molecule has 0 aliphatic carbocycles. The van der Waals surface area contributed by atoms with E-state index in [2.05, 4.69) is 26.2 Å². The van der Waals surface area contributed by atoms with Crippen molar-refractivity contribution in [3.63, 3.8) is 0 Å². The maximum absolute atomic E-state index is 11.7. The summed E-state index contributed by atoms with van der Waals surface area (Å²) < 4.78 is 5.61. The van der Waals surface area contributed by atoms with Crippen LogP contribution in [-0.2, 0) is 11.3 Å². The number of carbonyl (C=O) groups excluding carboxylic acids is 1. The molecule has 32 heavy (non-hydrogen) atoms. The summed E-state index contributed by atoms with van der Waals surface area (Å²) in [5.74, 6) is 1.49. The highest BCUT2D eigenvalue weighted by molar-refractivity contribution is 14.0. The molecule has 1 heterocycles. The Kier molecular flexibility index (Phi) is 10.4. The Hall–Kier alpha value is -2.20. The second-order valence-electron chi connectivity index (χ2n) is 7.58. The number of hydrogen-bond acceptors (Lipinski definition) is 4. The van der Waals surface area contributed by atoms with Crippen molar-refractivity contribution in [1.82, 2.24) is 15.1 Å². The van der Waals surface area contributed by atoms with E-state index in [9.17, 15) is 4.79 Å². The van der Waals surface area contributed by atoms with Crippen molar-refractivity contribution in [2.45, 2.75) is 6.54 Å². The van der Waals surface area contributed by atoms with Crippen LogP contribution in [0.25, 0.3) is 0 Å². The van der Waals surface area contributed by atoms with Crippen molar-refractivity contribution < 1.29 is 9.53 Å². The first-order valence-electron chi connectivity index (χ1n) is 10.3. The van der Waals surface area contributed by atoms with Crippen LogP contribution in [-0.4, -0.2) is 75.6 Å². The highest BCUT2D eigenvalue weighted by Crippen LogP contribution is 2.21. The van der Waals surface area contributed by atoms with Crippen LogP contribution in [0.5, 0.6) is 5.75 Å². The number of anilines is 1. The minimum absolute atomic E-state index is 0. The molecule has 1 N–H and O–H groups in total. The van der Waals surface area contributed by atoms with E-state index in [1.54, 1.807) is 21.1 Å². The van der Waals surface area contributed by atoms with Crippen LogP contribution in [0.15, 0.2) is 53.5 Å². The number of halogens is 2. The third-order valence-corrected chi connectivity index (χ3v) is 5.41. The van der Waals surface area contributed by atoms with Gasteiger partial charge in [-0.3, -0.25) is 9.79 Å². The zero-order valence-electron chi connectivity index (χ0n) is 18.8. The molecule has 1 aliphatic rings. The third-order valence-electron chi connectivity index (χ3n) is 5.17. The van der Waals surface area contributed by atoms with Gasteiger partial charge in [0.15, 0.2) is 12.6 Å². The predicted molar refractivity (Wildman–Crippen MR) is 141 cm³/mol. The molecule has 0 radical (unpaired) electrons. The number of nitrogens with zero attached hydrogens (tertiary/aromatic N) is 4. The topological polar surface area (TPSA) is 60.4 Å². The van der Waals surface area contributed by atoms with Gasteiger partial charge in [-0.15, -0.1) is 24.0 Å². The van der Waals surface area contributed by atoms with Gasteiger partial charge in [0, 0.05) is 64.6 Å². The Morgan fingerprint density at radius 3 is 2.50 bits per heavy atom. The standard InChI is InChI=1S/C23H30ClN5O2.HI/c1-25-23(29-12-10-28(11-13-29)20-8-5-7-19(24)15-20)26-16-18-6-4-9-21(14-18)31-17-22(30)27(2)3;/h4-9,14-15H,10-13,16-17H2,1-3H3,(H,25,26);1H. The molecule has 1 saturated heterocycles. The Morgan fingerprint density at radius 2 is 1.84 bits per heavy atom. The van der Waals surface area contributed by atoms with Gasteiger partial charge in [0.25, 0.3) is 5.91 Å². The predicted octanol–water partition coefficient (Wildman–Crippen LogP) is 3.32. The molecule has 9 heteroatoms. The molecule has 1 amide bonds. The molecule has 0 atom stereocenters. The number of amides is 1. The van der Waals surface area contributed by atoms with Gasteiger partial charge in [-0.2, -0.15) is 0 Å². The van der Waals surface area contributed by atoms with Crippen molar-refractivity contribution in [2.24, 2.45) is 4.99 Å². The molecule has 2 aromatic rings. The van der Waals surface area contributed by atoms with E-state index in [4.69, 9.17) is 16.3 Å². The van der Waals surface area contributed by atoms with Crippen LogP contribution in [0, 0.1) is 0 Å². The molecular weight excluding hydrogens is 541 g/mol. The highest BCUT2D eigenvalue weighted by atomic mass is 127. The van der Waals surface area contributed by atoms with Crippen LogP contribution < -0.4 is 15.0 Å². The lowest BCUT2D eigenvalue weighted by Crippen LogP contribution is -2.52. The van der Waals surface area contributed by atoms with Gasteiger partial charge in [-0.25, -0.2) is 0 Å². The third kappa shape index (κ3) is 7.44. The maximum atomic E-state index is 11.7. The number of hydrogen-bond donors (Lipinski definition) is 1. The molecule has 0 saturated carbocycles. The summed E-state index contributed by atoms with van der Waals surface area (Å²) in [4.78, 5) is 22.3. The summed E-state index contributed by atoms with van der Waals surface area (Å²) in [5.41, 5.74) is 2.22. The Morgan fingerprint density at radius 1 is 1.12 bits per heavy atom. The monoisotopic (exact) mass is 571 g/mol. The first-order valence-corrected chi connectivity index (χ1v) is 10.7. The molecule has 0 spiro atoms. The summed E-state index contributed by atoms with van der Waals surface area (Å²) >= 11 is 6.13. The summed E-state index contributed by atoms with van der Waals surface area (Å²) in [7, 11) is 5.23. The number of rotatable bonds is 6. The zero-order valence-corrected chi connectivity index (χ0v) is 21.8. The molecule has 0 bridgehead atoms. The summed E-state index contributed by atoms with van der Waals surface area (Å²) in [6, 6.07) is 15.7. The second-order valence-corrected chi connectivity index (χ2v) is 8.02. The molecule has 0 unspecified atom stereocenters. The first kappa shape index (κ1) is 26.1. The Balaban J connectivity index is 0.00000363. The van der Waals surface area contributed by atoms with Gasteiger partial charge in [0.2, 0.25) is 0 Å². The van der Waals surface area contributed by atoms with Gasteiger partial charge < -0.3 is 24.8 Å². The van der Waals surface area contributed by atoms with E-state index < -0.39 is 0 Å². The smallest absolute Gasteiger partial charge is 0.259 e. The van der Waals surface area contributed by atoms with Crippen molar-refractivity contribution in [3.8, 4) is 5.75 Å². The lowest BCUT2D eigenvalue weighted by molar-refractivity contribution is -0.130. The fourth-order valence-corrected chi connectivity index (χ4v) is 3.57. The fourth-order valence-electron chi connectivity index (χ4n) is 3.38. The van der Waals surface area contributed by atoms with Crippen LogP contribution in [0.2, 0.25) is 5.02 Å². The summed E-state index contributed by atoms with van der Waals surface area (Å²) in [5, 5.41) is 4.19. The van der Waals surface area contributed by atoms with Gasteiger partial charge in [0.05, 0.1) is 0 Å². The maximum Gasteiger partial charge on any atom is 0.259 e. The van der Waals surface area contributed by atoms with Gasteiger partial charge in [-0.1, -0.05) is 29.8 Å². The number of aliphatic imine (C=N–C) groups is 1. The first-order chi connectivity index (χ1) is 15.0. The molecule has 7 nitrogen and oxygen atoms in total. The largest absolute Gasteiger partial charge is 0.484 e. The normalized spacial score (nSPS) is 13.9. The number of likely N-dealkylation sites (N-methyl/N-ethyl adjacent to an activating group) is 1. The molecular formula is C23H31ClIN5O2. The molecule has 2 aromatic carbocycles. The van der Waals surface area contributed by atoms with Crippen LogP contribution in [0.1, 0.15) is 5.56 Å². The zero-order chi connectivity index (χ0) is 22.2. The molecule has 174 valence electrons. The lowest BCUT2D eigenvalue weighted by Gasteiger charge is -2.37. The SMILES string of the molecule is CN=C(NCc1cccc(OCC(=O)N(C)C)c1)N1CCN(c2cccc(Cl)c2)CC1.I. The van der Waals surface area contributed by atoms with Gasteiger partial charge >= 0.3 is 0 Å². The van der Waals surface area contributed by atoms with E-state index >= 15 is 0 Å². The van der Waals surface area contributed by atoms with E-state index in [0.29, 0.717) is 12.3 Å². The minimum atomic E-state index is -0.0687. The number of benzene rings is 2. The van der Waals surface area contributed by atoms with Crippen LogP contribution in [0.4, 0.5) is 5.69 Å². The van der Waals surface area contributed by atoms with E-state index in [-0.39, 0.29) is 36.5 Å². The number of piperazine rings is 1. The molecule has 1 aliphatic heterocycles. The minimum Gasteiger partial charge on any atom is -0.484 e. The molecule has 3 rings (SSSR count). The number of ether oxygens (including phenoxy) is 1. The average molecular weight is 572 g/mol. The van der Waals surface area contributed by atoms with Crippen LogP contribution >= 0.6 is 35.6 Å². The van der Waals surface area contributed by atoms with Crippen molar-refractivity contribution in [1.29, 1.82) is 0 Å². The second kappa shape index (κ2) is 12.7. The quantitative estimate of drug-likeness (QED) is 0.328. The van der Waals surface area contributed by atoms with E-state index in [0.717, 1.165) is 48.4 Å². The summed E-state index contributed by atoms with van der Waals surface area (Å²) in [6.07, 6.45) is 0. The average Bonchev–Trinajstić information content (AvgIpc) is 2.78. The van der Waals surface area contributed by atoms with E-state index in [1.165, 1.54) is 4.90 Å². The number of nitrogens with one attached hydrogen (secondary N) is 1. The van der Waals surface area contributed by atoms with Gasteiger partial charge in [0.1, 0.15) is 5.75 Å². The van der Waals surface area contributed by atoms with Crippen molar-refractivity contribution >= 4 is 53.1 Å².